The first-order valence-electron chi connectivity index (χ1n) is 7.38. The van der Waals surface area contributed by atoms with Crippen LogP contribution >= 0.6 is 0 Å². The summed E-state index contributed by atoms with van der Waals surface area (Å²) in [4.78, 5) is 26.6. The normalized spacial score (nSPS) is 23.1. The Balaban J connectivity index is 1.79. The van der Waals surface area contributed by atoms with Gasteiger partial charge in [0.2, 0.25) is 0 Å². The minimum absolute atomic E-state index is 0.0445. The third-order valence-corrected chi connectivity index (χ3v) is 3.85. The van der Waals surface area contributed by atoms with Crippen molar-refractivity contribution in [1.29, 1.82) is 0 Å². The molecule has 0 spiro atoms. The second kappa shape index (κ2) is 6.62. The molecule has 1 N–H and O–H groups in total. The first kappa shape index (κ1) is 16.0. The van der Waals surface area contributed by atoms with Gasteiger partial charge >= 0.3 is 12.0 Å². The number of carboxylic acid groups (broad SMARTS) is 1. The molecule has 2 rings (SSSR count). The molecule has 0 atom stereocenters. The van der Waals surface area contributed by atoms with E-state index < -0.39 is 5.97 Å². The number of morpholine rings is 1. The average Bonchev–Trinajstić information content (AvgIpc) is 2.44. The highest BCUT2D eigenvalue weighted by Gasteiger charge is 2.33. The summed E-state index contributed by atoms with van der Waals surface area (Å²) in [6.07, 6.45) is 1.31. The summed E-state index contributed by atoms with van der Waals surface area (Å²) in [5.41, 5.74) is -0.295. The van der Waals surface area contributed by atoms with Gasteiger partial charge in [-0.2, -0.15) is 0 Å². The van der Waals surface area contributed by atoms with Crippen molar-refractivity contribution in [2.75, 3.05) is 39.4 Å². The van der Waals surface area contributed by atoms with Crippen molar-refractivity contribution in [3.05, 3.63) is 0 Å². The number of rotatable bonds is 3. The monoisotopic (exact) mass is 300 g/mol. The van der Waals surface area contributed by atoms with Crippen molar-refractivity contribution >= 4 is 12.0 Å². The number of nitrogens with zero attached hydrogens (tertiary/aromatic N) is 2. The van der Waals surface area contributed by atoms with E-state index in [9.17, 15) is 9.59 Å². The van der Waals surface area contributed by atoms with E-state index in [1.54, 1.807) is 0 Å². The highest BCUT2D eigenvalue weighted by atomic mass is 16.5. The summed E-state index contributed by atoms with van der Waals surface area (Å²) < 4.78 is 10.9. The number of carbonyl (C=O) groups excluding carboxylic acids is 1. The van der Waals surface area contributed by atoms with Gasteiger partial charge in [0.1, 0.15) is 6.61 Å². The van der Waals surface area contributed by atoms with Gasteiger partial charge in [0.05, 0.1) is 24.9 Å². The molecule has 2 saturated heterocycles. The molecule has 0 aromatic heterocycles. The van der Waals surface area contributed by atoms with E-state index in [0.717, 1.165) is 0 Å². The summed E-state index contributed by atoms with van der Waals surface area (Å²) in [7, 11) is 0. The van der Waals surface area contributed by atoms with Crippen molar-refractivity contribution in [2.45, 2.75) is 38.4 Å². The van der Waals surface area contributed by atoms with Crippen LogP contribution in [0.5, 0.6) is 0 Å². The molecule has 0 aromatic carbocycles. The largest absolute Gasteiger partial charge is 0.480 e. The zero-order valence-electron chi connectivity index (χ0n) is 12.7. The number of likely N-dealkylation sites (tertiary alicyclic amines) is 1. The molecule has 7 heteroatoms. The van der Waals surface area contributed by atoms with Gasteiger partial charge in [0.25, 0.3) is 0 Å². The van der Waals surface area contributed by atoms with Gasteiger partial charge in [0, 0.05) is 19.6 Å². The first-order valence-corrected chi connectivity index (χ1v) is 7.38. The van der Waals surface area contributed by atoms with E-state index >= 15 is 0 Å². The molecule has 0 aliphatic carbocycles. The molecule has 120 valence electrons. The van der Waals surface area contributed by atoms with E-state index in [1.807, 2.05) is 23.6 Å². The number of amides is 2. The Kier molecular flexibility index (Phi) is 5.05. The molecule has 2 heterocycles. The molecule has 2 fully saturated rings. The molecule has 21 heavy (non-hydrogen) atoms. The molecule has 2 aliphatic heterocycles. The fourth-order valence-corrected chi connectivity index (χ4v) is 2.78. The zero-order valence-corrected chi connectivity index (χ0v) is 12.7. The highest BCUT2D eigenvalue weighted by molar-refractivity contribution is 5.74. The SMILES string of the molecule is CC1(C)CN(C(=O)N2CCC(OCC(=O)O)CC2)CCO1. The molecule has 2 aliphatic rings. The maximum Gasteiger partial charge on any atom is 0.329 e. The maximum atomic E-state index is 12.5. The molecule has 0 bridgehead atoms. The molecular formula is C14H24N2O5. The number of piperidine rings is 1. The lowest BCUT2D eigenvalue weighted by Gasteiger charge is -2.41. The summed E-state index contributed by atoms with van der Waals surface area (Å²) >= 11 is 0. The summed E-state index contributed by atoms with van der Waals surface area (Å²) in [5.74, 6) is -0.955. The van der Waals surface area contributed by atoms with Gasteiger partial charge < -0.3 is 24.4 Å². The first-order chi connectivity index (χ1) is 9.87. The van der Waals surface area contributed by atoms with Crippen molar-refractivity contribution in [2.24, 2.45) is 0 Å². The Morgan fingerprint density at radius 1 is 1.24 bits per heavy atom. The lowest BCUT2D eigenvalue weighted by Crippen LogP contribution is -2.55. The predicted octanol–water partition coefficient (Wildman–Crippen LogP) is 0.783. The molecule has 0 saturated carbocycles. The standard InChI is InChI=1S/C14H24N2O5/c1-14(2)10-16(7-8-21-14)13(19)15-5-3-11(4-6-15)20-9-12(17)18/h11H,3-10H2,1-2H3,(H,17,18). The number of hydrogen-bond donors (Lipinski definition) is 1. The third-order valence-electron chi connectivity index (χ3n) is 3.85. The van der Waals surface area contributed by atoms with Gasteiger partial charge in [-0.1, -0.05) is 0 Å². The van der Waals surface area contributed by atoms with Gasteiger partial charge in [-0.15, -0.1) is 0 Å². The number of aliphatic carboxylic acids is 1. The number of carbonyl (C=O) groups is 2. The fraction of sp³-hybridized carbons (Fsp3) is 0.857. The summed E-state index contributed by atoms with van der Waals surface area (Å²) in [6.45, 7) is 6.71. The van der Waals surface area contributed by atoms with Crippen LogP contribution < -0.4 is 0 Å². The molecule has 0 radical (unpaired) electrons. The highest BCUT2D eigenvalue weighted by Crippen LogP contribution is 2.20. The van der Waals surface area contributed by atoms with E-state index in [1.165, 1.54) is 0 Å². The number of carboxylic acids is 1. The van der Waals surface area contributed by atoms with E-state index in [0.29, 0.717) is 45.6 Å². The second-order valence-electron chi connectivity index (χ2n) is 6.20. The Hall–Kier alpha value is -1.34. The predicted molar refractivity (Wildman–Crippen MR) is 75.2 cm³/mol. The minimum Gasteiger partial charge on any atom is -0.480 e. The van der Waals surface area contributed by atoms with Crippen LogP contribution in [0.15, 0.2) is 0 Å². The Labute approximate surface area is 124 Å². The van der Waals surface area contributed by atoms with Crippen LogP contribution in [-0.4, -0.2) is 78.0 Å². The van der Waals surface area contributed by atoms with Crippen molar-refractivity contribution in [3.63, 3.8) is 0 Å². The maximum absolute atomic E-state index is 12.5. The molecule has 2 amide bonds. The third kappa shape index (κ3) is 4.57. The van der Waals surface area contributed by atoms with Crippen LogP contribution in [0.1, 0.15) is 26.7 Å². The Bertz CT molecular complexity index is 391. The van der Waals surface area contributed by atoms with Gasteiger partial charge in [-0.25, -0.2) is 9.59 Å². The van der Waals surface area contributed by atoms with Crippen molar-refractivity contribution in [1.82, 2.24) is 9.80 Å². The van der Waals surface area contributed by atoms with E-state index in [-0.39, 0.29) is 24.3 Å². The van der Waals surface area contributed by atoms with Gasteiger partial charge in [0.15, 0.2) is 0 Å². The molecule has 7 nitrogen and oxygen atoms in total. The van der Waals surface area contributed by atoms with Gasteiger partial charge in [-0.3, -0.25) is 0 Å². The number of hydrogen-bond acceptors (Lipinski definition) is 4. The average molecular weight is 300 g/mol. The fourth-order valence-electron chi connectivity index (χ4n) is 2.78. The molecule has 0 unspecified atom stereocenters. The lowest BCUT2D eigenvalue weighted by molar-refractivity contribution is -0.145. The number of urea groups is 1. The zero-order chi connectivity index (χ0) is 15.5. The quantitative estimate of drug-likeness (QED) is 0.833. The van der Waals surface area contributed by atoms with Crippen LogP contribution in [-0.2, 0) is 14.3 Å². The second-order valence-corrected chi connectivity index (χ2v) is 6.20. The van der Waals surface area contributed by atoms with Gasteiger partial charge in [-0.05, 0) is 26.7 Å². The molecule has 0 aromatic rings. The van der Waals surface area contributed by atoms with Crippen LogP contribution in [0.4, 0.5) is 4.79 Å². The Morgan fingerprint density at radius 2 is 1.90 bits per heavy atom. The van der Waals surface area contributed by atoms with Crippen LogP contribution in [0, 0.1) is 0 Å². The minimum atomic E-state index is -0.955. The smallest absolute Gasteiger partial charge is 0.329 e. The topological polar surface area (TPSA) is 79.3 Å². The van der Waals surface area contributed by atoms with Crippen LogP contribution in [0.2, 0.25) is 0 Å². The lowest BCUT2D eigenvalue weighted by atomic mass is 10.1. The van der Waals surface area contributed by atoms with Crippen molar-refractivity contribution in [3.8, 4) is 0 Å². The van der Waals surface area contributed by atoms with Crippen LogP contribution in [0.3, 0.4) is 0 Å². The van der Waals surface area contributed by atoms with E-state index in [4.69, 9.17) is 14.6 Å². The Morgan fingerprint density at radius 3 is 2.48 bits per heavy atom. The summed E-state index contributed by atoms with van der Waals surface area (Å²) in [6, 6.07) is 0.0445. The molecular weight excluding hydrogens is 276 g/mol. The van der Waals surface area contributed by atoms with Crippen LogP contribution in [0.25, 0.3) is 0 Å². The number of ether oxygens (including phenoxy) is 2. The van der Waals surface area contributed by atoms with Crippen molar-refractivity contribution < 1.29 is 24.2 Å². The van der Waals surface area contributed by atoms with E-state index in [2.05, 4.69) is 0 Å². The summed E-state index contributed by atoms with van der Waals surface area (Å²) in [5, 5.41) is 8.60.